The number of para-hydroxylation sites is 1. The molecule has 1 atom stereocenters. The summed E-state index contributed by atoms with van der Waals surface area (Å²) >= 11 is 0. The van der Waals surface area contributed by atoms with Crippen molar-refractivity contribution in [1.82, 2.24) is 25.0 Å². The summed E-state index contributed by atoms with van der Waals surface area (Å²) in [6, 6.07) is 13.7. The van der Waals surface area contributed by atoms with Crippen molar-refractivity contribution in [2.75, 3.05) is 19.5 Å². The fourth-order valence-corrected chi connectivity index (χ4v) is 4.39. The predicted octanol–water partition coefficient (Wildman–Crippen LogP) is 3.83. The van der Waals surface area contributed by atoms with E-state index in [2.05, 4.69) is 25.6 Å². The number of rotatable bonds is 5. The van der Waals surface area contributed by atoms with Crippen molar-refractivity contribution in [2.45, 2.75) is 26.2 Å². The van der Waals surface area contributed by atoms with Gasteiger partial charge >= 0.3 is 0 Å². The summed E-state index contributed by atoms with van der Waals surface area (Å²) in [5, 5.41) is 16.0. The molecule has 1 amide bonds. The largest absolute Gasteiger partial charge is 0.493 e. The average molecular weight is 457 g/mol. The number of carbonyl (C=O) groups is 1. The van der Waals surface area contributed by atoms with Crippen LogP contribution < -0.4 is 14.8 Å². The molecule has 1 aliphatic rings. The number of amides is 1. The maximum atomic E-state index is 12.8. The van der Waals surface area contributed by atoms with Crippen molar-refractivity contribution in [3.63, 3.8) is 0 Å². The first-order chi connectivity index (χ1) is 16.5. The summed E-state index contributed by atoms with van der Waals surface area (Å²) in [7, 11) is 3.19. The van der Waals surface area contributed by atoms with Gasteiger partial charge in [-0.2, -0.15) is 14.9 Å². The minimum Gasteiger partial charge on any atom is -0.493 e. The Hall–Kier alpha value is -4.27. The molecule has 172 valence electrons. The number of anilines is 1. The molecule has 0 unspecified atom stereocenters. The van der Waals surface area contributed by atoms with E-state index in [1.807, 2.05) is 56.3 Å². The molecule has 2 aromatic carbocycles. The van der Waals surface area contributed by atoms with Crippen LogP contribution in [0.25, 0.3) is 17.2 Å². The Labute approximate surface area is 196 Å². The second-order valence-corrected chi connectivity index (χ2v) is 8.15. The first-order valence-corrected chi connectivity index (χ1v) is 10.9. The molecule has 2 aromatic heterocycles. The number of fused-ring (bicyclic) bond motifs is 1. The van der Waals surface area contributed by atoms with Crippen molar-refractivity contribution >= 4 is 11.7 Å². The van der Waals surface area contributed by atoms with Gasteiger partial charge in [-0.05, 0) is 19.9 Å². The van der Waals surface area contributed by atoms with Gasteiger partial charge in [-0.25, -0.2) is 4.98 Å². The Morgan fingerprint density at radius 3 is 2.59 bits per heavy atom. The van der Waals surface area contributed by atoms with Gasteiger partial charge in [-0.15, -0.1) is 5.10 Å². The number of methoxy groups -OCH3 is 2. The molecule has 0 aliphatic carbocycles. The van der Waals surface area contributed by atoms with E-state index in [-0.39, 0.29) is 24.2 Å². The van der Waals surface area contributed by atoms with E-state index in [1.54, 1.807) is 25.1 Å². The SMILES string of the molecule is COc1cccc([C@@H]2CC(=O)Nc3c2c(C)nn3-c2nncc(-c3ccc(C)cc3)n2)c1OC. The molecule has 5 rings (SSSR count). The van der Waals surface area contributed by atoms with E-state index in [1.165, 1.54) is 0 Å². The highest BCUT2D eigenvalue weighted by molar-refractivity contribution is 5.95. The molecule has 0 radical (unpaired) electrons. The molecule has 0 bridgehead atoms. The molecule has 9 heteroatoms. The number of nitrogens with one attached hydrogen (secondary N) is 1. The third-order valence-electron chi connectivity index (χ3n) is 6.00. The second-order valence-electron chi connectivity index (χ2n) is 8.15. The van der Waals surface area contributed by atoms with Crippen LogP contribution in [0.3, 0.4) is 0 Å². The second kappa shape index (κ2) is 8.58. The molecule has 1 N–H and O–H groups in total. The van der Waals surface area contributed by atoms with Gasteiger partial charge in [0.2, 0.25) is 5.91 Å². The zero-order chi connectivity index (χ0) is 23.8. The van der Waals surface area contributed by atoms with Crippen molar-refractivity contribution in [3.8, 4) is 28.7 Å². The molecule has 0 saturated carbocycles. The lowest BCUT2D eigenvalue weighted by Gasteiger charge is -2.26. The lowest BCUT2D eigenvalue weighted by Crippen LogP contribution is -2.25. The first kappa shape index (κ1) is 21.6. The summed E-state index contributed by atoms with van der Waals surface area (Å²) in [6.07, 6.45) is 1.87. The van der Waals surface area contributed by atoms with Crippen LogP contribution >= 0.6 is 0 Å². The van der Waals surface area contributed by atoms with Crippen LogP contribution in [0.4, 0.5) is 5.82 Å². The summed E-state index contributed by atoms with van der Waals surface area (Å²) in [5.74, 6) is 1.62. The highest BCUT2D eigenvalue weighted by atomic mass is 16.5. The lowest BCUT2D eigenvalue weighted by atomic mass is 9.85. The Bertz CT molecular complexity index is 1380. The van der Waals surface area contributed by atoms with Crippen LogP contribution in [0.15, 0.2) is 48.7 Å². The van der Waals surface area contributed by atoms with Crippen LogP contribution in [0.1, 0.15) is 34.7 Å². The van der Waals surface area contributed by atoms with Crippen LogP contribution in [0.2, 0.25) is 0 Å². The standard InChI is InChI=1S/C25H24N6O3/c1-14-8-10-16(11-9-14)19-13-26-29-25(27-19)31-24-22(15(2)30-31)18(12-21(32)28-24)17-6-5-7-20(33-3)23(17)34-4/h5-11,13,18H,12H2,1-4H3,(H,28,32)/t18-/m0/s1. The third-order valence-corrected chi connectivity index (χ3v) is 6.00. The van der Waals surface area contributed by atoms with Crippen LogP contribution in [0, 0.1) is 13.8 Å². The molecular weight excluding hydrogens is 432 g/mol. The quantitative estimate of drug-likeness (QED) is 0.487. The topological polar surface area (TPSA) is 104 Å². The molecule has 4 aromatic rings. The molecule has 9 nitrogen and oxygen atoms in total. The van der Waals surface area contributed by atoms with Gasteiger partial charge in [0.15, 0.2) is 11.5 Å². The summed E-state index contributed by atoms with van der Waals surface area (Å²) in [4.78, 5) is 17.5. The van der Waals surface area contributed by atoms with E-state index in [0.29, 0.717) is 23.0 Å². The first-order valence-electron chi connectivity index (χ1n) is 10.9. The Morgan fingerprint density at radius 2 is 1.85 bits per heavy atom. The van der Waals surface area contributed by atoms with E-state index in [4.69, 9.17) is 9.47 Å². The van der Waals surface area contributed by atoms with Gasteiger partial charge in [0.1, 0.15) is 5.82 Å². The Morgan fingerprint density at radius 1 is 1.06 bits per heavy atom. The lowest BCUT2D eigenvalue weighted by molar-refractivity contribution is -0.116. The molecule has 3 heterocycles. The summed E-state index contributed by atoms with van der Waals surface area (Å²) in [5.41, 5.74) is 5.24. The smallest absolute Gasteiger partial charge is 0.272 e. The van der Waals surface area contributed by atoms with Crippen LogP contribution in [-0.2, 0) is 4.79 Å². The van der Waals surface area contributed by atoms with Gasteiger partial charge in [-0.3, -0.25) is 4.79 Å². The van der Waals surface area contributed by atoms with Gasteiger partial charge in [-0.1, -0.05) is 42.0 Å². The monoisotopic (exact) mass is 456 g/mol. The number of ether oxygens (including phenoxy) is 2. The number of benzene rings is 2. The fraction of sp³-hybridized carbons (Fsp3) is 0.240. The Balaban J connectivity index is 1.63. The average Bonchev–Trinajstić information content (AvgIpc) is 3.19. The number of nitrogens with zero attached hydrogens (tertiary/aromatic N) is 5. The van der Waals surface area contributed by atoms with E-state index in [0.717, 1.165) is 27.9 Å². The van der Waals surface area contributed by atoms with Crippen molar-refractivity contribution in [1.29, 1.82) is 0 Å². The molecule has 1 aliphatic heterocycles. The summed E-state index contributed by atoms with van der Waals surface area (Å²) in [6.45, 7) is 3.94. The zero-order valence-corrected chi connectivity index (χ0v) is 19.4. The highest BCUT2D eigenvalue weighted by Crippen LogP contribution is 2.45. The normalized spacial score (nSPS) is 14.9. The van der Waals surface area contributed by atoms with Crippen molar-refractivity contribution < 1.29 is 14.3 Å². The van der Waals surface area contributed by atoms with Gasteiger partial charge in [0, 0.05) is 29.0 Å². The number of hydrogen-bond acceptors (Lipinski definition) is 7. The number of carbonyl (C=O) groups excluding carboxylic acids is 1. The van der Waals surface area contributed by atoms with E-state index in [9.17, 15) is 4.79 Å². The van der Waals surface area contributed by atoms with Crippen molar-refractivity contribution in [2.24, 2.45) is 0 Å². The number of aryl methyl sites for hydroxylation is 2. The highest BCUT2D eigenvalue weighted by Gasteiger charge is 2.35. The van der Waals surface area contributed by atoms with E-state index >= 15 is 0 Å². The van der Waals surface area contributed by atoms with Crippen LogP contribution in [-0.4, -0.2) is 45.1 Å². The molecule has 0 spiro atoms. The zero-order valence-electron chi connectivity index (χ0n) is 19.4. The third kappa shape index (κ3) is 3.64. The number of hydrogen-bond donors (Lipinski definition) is 1. The maximum Gasteiger partial charge on any atom is 0.272 e. The van der Waals surface area contributed by atoms with Gasteiger partial charge in [0.25, 0.3) is 5.95 Å². The molecule has 0 fully saturated rings. The van der Waals surface area contributed by atoms with Crippen LogP contribution in [0.5, 0.6) is 11.5 Å². The van der Waals surface area contributed by atoms with Gasteiger partial charge < -0.3 is 14.8 Å². The fourth-order valence-electron chi connectivity index (χ4n) is 4.39. The minimum atomic E-state index is -0.268. The molecular formula is C25H24N6O3. The minimum absolute atomic E-state index is 0.133. The maximum absolute atomic E-state index is 12.8. The summed E-state index contributed by atoms with van der Waals surface area (Å²) < 4.78 is 12.7. The van der Waals surface area contributed by atoms with Gasteiger partial charge in [0.05, 0.1) is 31.8 Å². The Kier molecular flexibility index (Phi) is 5.45. The molecule has 34 heavy (non-hydrogen) atoms. The number of aromatic nitrogens is 5. The molecule has 0 saturated heterocycles. The predicted molar refractivity (Wildman–Crippen MR) is 126 cm³/mol. The van der Waals surface area contributed by atoms with E-state index < -0.39 is 0 Å². The van der Waals surface area contributed by atoms with Crippen molar-refractivity contribution in [3.05, 3.63) is 71.0 Å².